The fraction of sp³-hybridized carbons (Fsp3) is 0.0769. The van der Waals surface area contributed by atoms with Crippen LogP contribution in [0.2, 0.25) is 0 Å². The third-order valence-corrected chi connectivity index (χ3v) is 4.41. The minimum atomic E-state index is -3.78. The highest BCUT2D eigenvalue weighted by atomic mass is 79.9. The number of benzene rings is 2. The van der Waals surface area contributed by atoms with Gasteiger partial charge in [-0.3, -0.25) is 4.72 Å². The van der Waals surface area contributed by atoms with Crippen molar-refractivity contribution >= 4 is 31.6 Å². The van der Waals surface area contributed by atoms with Crippen LogP contribution in [0.25, 0.3) is 0 Å². The first-order valence-electron chi connectivity index (χ1n) is 5.58. The van der Waals surface area contributed by atoms with Crippen molar-refractivity contribution in [3.05, 3.63) is 46.9 Å². The molecule has 2 N–H and O–H groups in total. The van der Waals surface area contributed by atoms with Gasteiger partial charge in [-0.2, -0.15) is 0 Å². The second-order valence-corrected chi connectivity index (χ2v) is 6.54. The molecule has 2 aromatic carbocycles. The van der Waals surface area contributed by atoms with E-state index < -0.39 is 10.0 Å². The molecule has 0 atom stereocenters. The van der Waals surface area contributed by atoms with Crippen molar-refractivity contribution in [2.75, 3.05) is 11.8 Å². The molecule has 0 bridgehead atoms. The number of phenolic OH excluding ortho intramolecular Hbond substituents is 1. The second kappa shape index (κ2) is 5.72. The quantitative estimate of drug-likeness (QED) is 0.824. The SMILES string of the molecule is COc1ccc(O)c(NS(=O)(=O)c2cccc(Br)c2)c1. The third-order valence-electron chi connectivity index (χ3n) is 2.55. The van der Waals surface area contributed by atoms with Crippen LogP contribution >= 0.6 is 15.9 Å². The highest BCUT2D eigenvalue weighted by Crippen LogP contribution is 2.30. The van der Waals surface area contributed by atoms with Crippen molar-refractivity contribution in [1.82, 2.24) is 0 Å². The summed E-state index contributed by atoms with van der Waals surface area (Å²) in [6, 6.07) is 10.6. The van der Waals surface area contributed by atoms with Crippen LogP contribution in [0.3, 0.4) is 0 Å². The Balaban J connectivity index is 2.38. The predicted octanol–water partition coefficient (Wildman–Crippen LogP) is 2.96. The first kappa shape index (κ1) is 14.7. The molecule has 0 saturated carbocycles. The van der Waals surface area contributed by atoms with E-state index in [1.54, 1.807) is 12.1 Å². The molecule has 0 aliphatic heterocycles. The van der Waals surface area contributed by atoms with Gasteiger partial charge in [-0.15, -0.1) is 0 Å². The summed E-state index contributed by atoms with van der Waals surface area (Å²) < 4.78 is 32.4. The molecule has 0 saturated heterocycles. The zero-order valence-corrected chi connectivity index (χ0v) is 12.9. The van der Waals surface area contributed by atoms with E-state index >= 15 is 0 Å². The number of hydrogen-bond donors (Lipinski definition) is 2. The van der Waals surface area contributed by atoms with Crippen LogP contribution in [-0.4, -0.2) is 20.6 Å². The molecule has 0 aliphatic rings. The van der Waals surface area contributed by atoms with Gasteiger partial charge in [0.1, 0.15) is 11.5 Å². The molecule has 20 heavy (non-hydrogen) atoms. The first-order valence-corrected chi connectivity index (χ1v) is 7.85. The average Bonchev–Trinajstić information content (AvgIpc) is 2.41. The number of rotatable bonds is 4. The van der Waals surface area contributed by atoms with Gasteiger partial charge in [0.2, 0.25) is 0 Å². The lowest BCUT2D eigenvalue weighted by molar-refractivity contribution is 0.413. The van der Waals surface area contributed by atoms with Gasteiger partial charge in [0, 0.05) is 10.5 Å². The van der Waals surface area contributed by atoms with Crippen LogP contribution in [-0.2, 0) is 10.0 Å². The number of nitrogens with one attached hydrogen (secondary N) is 1. The van der Waals surface area contributed by atoms with Gasteiger partial charge < -0.3 is 9.84 Å². The lowest BCUT2D eigenvalue weighted by atomic mass is 10.3. The van der Waals surface area contributed by atoms with Gasteiger partial charge in [0.25, 0.3) is 10.0 Å². The Labute approximate surface area is 125 Å². The molecule has 0 radical (unpaired) electrons. The largest absolute Gasteiger partial charge is 0.506 e. The summed E-state index contributed by atoms with van der Waals surface area (Å²) in [5, 5.41) is 9.70. The van der Waals surface area contributed by atoms with Crippen molar-refractivity contribution < 1.29 is 18.3 Å². The number of hydrogen-bond acceptors (Lipinski definition) is 4. The number of phenols is 1. The van der Waals surface area contributed by atoms with Gasteiger partial charge in [-0.1, -0.05) is 22.0 Å². The van der Waals surface area contributed by atoms with Crippen molar-refractivity contribution in [3.63, 3.8) is 0 Å². The van der Waals surface area contributed by atoms with Crippen LogP contribution in [0.4, 0.5) is 5.69 Å². The zero-order chi connectivity index (χ0) is 14.8. The standard InChI is InChI=1S/C13H12BrNO4S/c1-19-10-5-6-13(16)12(8-10)15-20(17,18)11-4-2-3-9(14)7-11/h2-8,15-16H,1H3. The van der Waals surface area contributed by atoms with E-state index in [4.69, 9.17) is 4.74 Å². The molecule has 0 aliphatic carbocycles. The Kier molecular flexibility index (Phi) is 4.20. The third kappa shape index (κ3) is 3.23. The fourth-order valence-electron chi connectivity index (χ4n) is 1.56. The van der Waals surface area contributed by atoms with Crippen LogP contribution < -0.4 is 9.46 Å². The van der Waals surface area contributed by atoms with Crippen molar-refractivity contribution in [2.24, 2.45) is 0 Å². The molecule has 2 aromatic rings. The first-order chi connectivity index (χ1) is 9.42. The predicted molar refractivity (Wildman–Crippen MR) is 79.6 cm³/mol. The Morgan fingerprint density at radius 3 is 2.60 bits per heavy atom. The Morgan fingerprint density at radius 2 is 1.95 bits per heavy atom. The summed E-state index contributed by atoms with van der Waals surface area (Å²) in [6.45, 7) is 0. The second-order valence-electron chi connectivity index (χ2n) is 3.95. The summed E-state index contributed by atoms with van der Waals surface area (Å²) in [5.74, 6) is 0.263. The van der Waals surface area contributed by atoms with Crippen LogP contribution in [0, 0.1) is 0 Å². The number of aromatic hydroxyl groups is 1. The van der Waals surface area contributed by atoms with Gasteiger partial charge in [0.05, 0.1) is 17.7 Å². The van der Waals surface area contributed by atoms with E-state index in [-0.39, 0.29) is 16.3 Å². The van der Waals surface area contributed by atoms with E-state index in [0.29, 0.717) is 10.2 Å². The maximum Gasteiger partial charge on any atom is 0.262 e. The number of halogens is 1. The maximum absolute atomic E-state index is 12.2. The molecule has 0 unspecified atom stereocenters. The number of methoxy groups -OCH3 is 1. The molecule has 7 heteroatoms. The van der Waals surface area contributed by atoms with Crippen molar-refractivity contribution in [3.8, 4) is 11.5 Å². The lowest BCUT2D eigenvalue weighted by Crippen LogP contribution is -2.13. The van der Waals surface area contributed by atoms with E-state index in [0.717, 1.165) is 0 Å². The van der Waals surface area contributed by atoms with Gasteiger partial charge in [0.15, 0.2) is 0 Å². The van der Waals surface area contributed by atoms with E-state index in [1.807, 2.05) is 0 Å². The maximum atomic E-state index is 12.2. The summed E-state index contributed by atoms with van der Waals surface area (Å²) >= 11 is 3.22. The van der Waals surface area contributed by atoms with E-state index in [1.165, 1.54) is 37.4 Å². The molecule has 0 fully saturated rings. The van der Waals surface area contributed by atoms with Crippen LogP contribution in [0.1, 0.15) is 0 Å². The summed E-state index contributed by atoms with van der Waals surface area (Å²) in [6.07, 6.45) is 0. The molecule has 0 amide bonds. The lowest BCUT2D eigenvalue weighted by Gasteiger charge is -2.11. The molecular weight excluding hydrogens is 346 g/mol. The molecule has 5 nitrogen and oxygen atoms in total. The molecular formula is C13H12BrNO4S. The molecule has 106 valence electrons. The zero-order valence-electron chi connectivity index (χ0n) is 10.5. The van der Waals surface area contributed by atoms with Crippen LogP contribution in [0.5, 0.6) is 11.5 Å². The molecule has 0 aromatic heterocycles. The van der Waals surface area contributed by atoms with Gasteiger partial charge in [-0.25, -0.2) is 8.42 Å². The Morgan fingerprint density at radius 1 is 1.20 bits per heavy atom. The smallest absolute Gasteiger partial charge is 0.262 e. The highest BCUT2D eigenvalue weighted by molar-refractivity contribution is 9.10. The minimum absolute atomic E-state index is 0.0596. The average molecular weight is 358 g/mol. The number of sulfonamides is 1. The molecule has 2 rings (SSSR count). The molecule has 0 heterocycles. The summed E-state index contributed by atoms with van der Waals surface area (Å²) in [7, 11) is -2.32. The normalized spacial score (nSPS) is 11.1. The fourth-order valence-corrected chi connectivity index (χ4v) is 3.22. The summed E-state index contributed by atoms with van der Waals surface area (Å²) in [5.41, 5.74) is 0.0596. The highest BCUT2D eigenvalue weighted by Gasteiger charge is 2.16. The minimum Gasteiger partial charge on any atom is -0.506 e. The summed E-state index contributed by atoms with van der Waals surface area (Å²) in [4.78, 5) is 0.0918. The van der Waals surface area contributed by atoms with E-state index in [2.05, 4.69) is 20.7 Å². The number of anilines is 1. The van der Waals surface area contributed by atoms with Gasteiger partial charge >= 0.3 is 0 Å². The topological polar surface area (TPSA) is 75.6 Å². The monoisotopic (exact) mass is 357 g/mol. The van der Waals surface area contributed by atoms with Crippen molar-refractivity contribution in [2.45, 2.75) is 4.90 Å². The van der Waals surface area contributed by atoms with Crippen molar-refractivity contribution in [1.29, 1.82) is 0 Å². The molecule has 0 spiro atoms. The Hall–Kier alpha value is -1.73. The van der Waals surface area contributed by atoms with Gasteiger partial charge in [-0.05, 0) is 30.3 Å². The Bertz CT molecular complexity index is 731. The van der Waals surface area contributed by atoms with Crippen LogP contribution in [0.15, 0.2) is 51.8 Å². The number of ether oxygens (including phenoxy) is 1. The van der Waals surface area contributed by atoms with E-state index in [9.17, 15) is 13.5 Å².